The van der Waals surface area contributed by atoms with Crippen molar-refractivity contribution >= 4 is 23.5 Å². The fourth-order valence-electron chi connectivity index (χ4n) is 1.72. The minimum Gasteiger partial charge on any atom is -0.336 e. The molecule has 0 aromatic heterocycles. The monoisotopic (exact) mass is 302 g/mol. The Morgan fingerprint density at radius 1 is 0.900 bits per heavy atom. The maximum Gasteiger partial charge on any atom is 0.109 e. The third kappa shape index (κ3) is 5.45. The number of hydrogen-bond donors (Lipinski definition) is 1. The molecule has 0 saturated carbocycles. The Labute approximate surface area is 130 Å². The second-order valence-corrected chi connectivity index (χ2v) is 6.96. The highest BCUT2D eigenvalue weighted by Crippen LogP contribution is 2.29. The summed E-state index contributed by atoms with van der Waals surface area (Å²) in [7, 11) is 4.37. The van der Waals surface area contributed by atoms with E-state index in [0.29, 0.717) is 0 Å². The summed E-state index contributed by atoms with van der Waals surface area (Å²) in [5.74, 6) is 0. The van der Waals surface area contributed by atoms with Crippen LogP contribution in [-0.4, -0.2) is 20.6 Å². The molecule has 0 saturated heterocycles. The van der Waals surface area contributed by atoms with Gasteiger partial charge in [0.25, 0.3) is 0 Å². The average molecular weight is 302 g/mol. The summed E-state index contributed by atoms with van der Waals surface area (Å²) in [6.45, 7) is 1.04. The molecule has 0 aliphatic rings. The van der Waals surface area contributed by atoms with Gasteiger partial charge in [0.15, 0.2) is 0 Å². The van der Waals surface area contributed by atoms with Gasteiger partial charge < -0.3 is 4.90 Å². The largest absolute Gasteiger partial charge is 0.336 e. The molecule has 0 radical (unpaired) electrons. The van der Waals surface area contributed by atoms with Crippen molar-refractivity contribution in [1.29, 1.82) is 0 Å². The third-order valence-corrected chi connectivity index (χ3v) is 4.72. The van der Waals surface area contributed by atoms with Crippen LogP contribution in [0.15, 0.2) is 80.8 Å². The van der Waals surface area contributed by atoms with Gasteiger partial charge in [-0.1, -0.05) is 59.9 Å². The van der Waals surface area contributed by atoms with E-state index in [0.717, 1.165) is 6.54 Å². The molecule has 104 valence electrons. The summed E-state index contributed by atoms with van der Waals surface area (Å²) in [6.07, 6.45) is 0. The Morgan fingerprint density at radius 3 is 2.00 bits per heavy atom. The van der Waals surface area contributed by atoms with Crippen LogP contribution in [0.25, 0.3) is 0 Å². The van der Waals surface area contributed by atoms with Gasteiger partial charge in [-0.25, -0.2) is 0 Å². The van der Waals surface area contributed by atoms with Gasteiger partial charge >= 0.3 is 0 Å². The zero-order valence-electron chi connectivity index (χ0n) is 11.9. The van der Waals surface area contributed by atoms with Gasteiger partial charge in [0, 0.05) is 9.79 Å². The van der Waals surface area contributed by atoms with E-state index in [4.69, 9.17) is 0 Å². The van der Waals surface area contributed by atoms with Gasteiger partial charge in [-0.05, 0) is 29.7 Å². The van der Waals surface area contributed by atoms with Crippen LogP contribution in [0.4, 0.5) is 0 Å². The molecule has 1 N–H and O–H groups in total. The van der Waals surface area contributed by atoms with E-state index in [1.807, 2.05) is 11.8 Å². The molecule has 0 amide bonds. The molecule has 20 heavy (non-hydrogen) atoms. The van der Waals surface area contributed by atoms with Gasteiger partial charge in [0.05, 0.1) is 19.0 Å². The van der Waals surface area contributed by atoms with Crippen molar-refractivity contribution < 1.29 is 4.90 Å². The van der Waals surface area contributed by atoms with Gasteiger partial charge in [-0.3, -0.25) is 0 Å². The maximum atomic E-state index is 2.28. The number of benzene rings is 2. The van der Waals surface area contributed by atoms with Crippen LogP contribution >= 0.6 is 23.5 Å². The minimum atomic E-state index is 1.04. The fourth-order valence-corrected chi connectivity index (χ4v) is 3.68. The summed E-state index contributed by atoms with van der Waals surface area (Å²) in [5, 5.41) is 2.28. The topological polar surface area (TPSA) is 4.44 Å². The molecule has 0 fully saturated rings. The van der Waals surface area contributed by atoms with E-state index in [1.165, 1.54) is 19.6 Å². The Balaban J connectivity index is 2.07. The highest BCUT2D eigenvalue weighted by molar-refractivity contribution is 8.06. The SMILES string of the molecule is C[NH+](C)CC(=CSc1ccccc1)Sc1ccccc1. The fraction of sp³-hybridized carbons (Fsp3) is 0.176. The van der Waals surface area contributed by atoms with Crippen molar-refractivity contribution in [3.63, 3.8) is 0 Å². The molecule has 0 heterocycles. The normalized spacial score (nSPS) is 11.8. The first-order valence-electron chi connectivity index (χ1n) is 6.67. The highest BCUT2D eigenvalue weighted by atomic mass is 32.2. The molecule has 0 atom stereocenters. The lowest BCUT2D eigenvalue weighted by molar-refractivity contribution is -0.852. The van der Waals surface area contributed by atoms with Crippen molar-refractivity contribution in [2.75, 3.05) is 20.6 Å². The predicted molar refractivity (Wildman–Crippen MR) is 90.4 cm³/mol. The lowest BCUT2D eigenvalue weighted by Crippen LogP contribution is -3.05. The summed E-state index contributed by atoms with van der Waals surface area (Å²) < 4.78 is 0. The molecule has 3 heteroatoms. The maximum absolute atomic E-state index is 2.28. The second-order valence-electron chi connectivity index (χ2n) is 4.81. The number of likely N-dealkylation sites (N-methyl/N-ethyl adjacent to an activating group) is 1. The Hall–Kier alpha value is -1.16. The highest BCUT2D eigenvalue weighted by Gasteiger charge is 2.05. The van der Waals surface area contributed by atoms with Crippen LogP contribution < -0.4 is 4.90 Å². The van der Waals surface area contributed by atoms with Crippen molar-refractivity contribution in [2.24, 2.45) is 0 Å². The number of rotatable bonds is 6. The average Bonchev–Trinajstić information content (AvgIpc) is 2.46. The van der Waals surface area contributed by atoms with Crippen molar-refractivity contribution in [1.82, 2.24) is 0 Å². The Bertz CT molecular complexity index is 535. The van der Waals surface area contributed by atoms with E-state index in [9.17, 15) is 0 Å². The molecule has 2 aromatic rings. The van der Waals surface area contributed by atoms with Gasteiger partial charge in [0.2, 0.25) is 0 Å². The van der Waals surface area contributed by atoms with E-state index >= 15 is 0 Å². The van der Waals surface area contributed by atoms with Crippen LogP contribution in [0.3, 0.4) is 0 Å². The van der Waals surface area contributed by atoms with Crippen LogP contribution in [0.1, 0.15) is 0 Å². The summed E-state index contributed by atoms with van der Waals surface area (Å²) >= 11 is 3.65. The standard InChI is InChI=1S/C17H19NS2/c1-18(2)13-17(20-16-11-7-4-8-12-16)14-19-15-9-5-3-6-10-15/h3-12,14H,13H2,1-2H3/p+1. The van der Waals surface area contributed by atoms with Crippen molar-refractivity contribution in [2.45, 2.75) is 9.79 Å². The molecular weight excluding hydrogens is 282 g/mol. The first-order chi connectivity index (χ1) is 9.74. The van der Waals surface area contributed by atoms with Crippen LogP contribution in [0, 0.1) is 0 Å². The smallest absolute Gasteiger partial charge is 0.109 e. The van der Waals surface area contributed by atoms with Crippen LogP contribution in [0.2, 0.25) is 0 Å². The number of thioether (sulfide) groups is 2. The summed E-state index contributed by atoms with van der Waals surface area (Å²) in [4.78, 5) is 5.42. The minimum absolute atomic E-state index is 1.04. The van der Waals surface area contributed by atoms with Gasteiger partial charge in [-0.2, -0.15) is 0 Å². The zero-order valence-corrected chi connectivity index (χ0v) is 13.5. The van der Waals surface area contributed by atoms with E-state index in [2.05, 4.69) is 80.2 Å². The van der Waals surface area contributed by atoms with Crippen molar-refractivity contribution in [3.8, 4) is 0 Å². The molecule has 0 bridgehead atoms. The third-order valence-electron chi connectivity index (χ3n) is 2.59. The second kappa shape index (κ2) is 8.20. The first kappa shape index (κ1) is 15.2. The molecule has 0 aliphatic heterocycles. The van der Waals surface area contributed by atoms with E-state index in [1.54, 1.807) is 11.8 Å². The molecule has 2 rings (SSSR count). The number of quaternary nitrogens is 1. The molecule has 0 aliphatic carbocycles. The van der Waals surface area contributed by atoms with E-state index in [-0.39, 0.29) is 0 Å². The van der Waals surface area contributed by atoms with Crippen LogP contribution in [-0.2, 0) is 0 Å². The Morgan fingerprint density at radius 2 is 1.45 bits per heavy atom. The Kier molecular flexibility index (Phi) is 6.25. The quantitative estimate of drug-likeness (QED) is 0.814. The zero-order chi connectivity index (χ0) is 14.2. The lowest BCUT2D eigenvalue weighted by atomic mass is 10.4. The first-order valence-corrected chi connectivity index (χ1v) is 8.36. The molecular formula is C17H20NS2+. The van der Waals surface area contributed by atoms with Crippen molar-refractivity contribution in [3.05, 3.63) is 71.0 Å². The molecule has 2 aromatic carbocycles. The molecule has 0 unspecified atom stereocenters. The predicted octanol–water partition coefficient (Wildman–Crippen LogP) is 3.56. The van der Waals surface area contributed by atoms with Crippen LogP contribution in [0.5, 0.6) is 0 Å². The number of nitrogens with one attached hydrogen (secondary N) is 1. The summed E-state index contributed by atoms with van der Waals surface area (Å²) in [6, 6.07) is 21.1. The lowest BCUT2D eigenvalue weighted by Gasteiger charge is -2.11. The molecule has 1 nitrogen and oxygen atoms in total. The van der Waals surface area contributed by atoms with Gasteiger partial charge in [0.1, 0.15) is 6.54 Å². The van der Waals surface area contributed by atoms with Gasteiger partial charge in [-0.15, -0.1) is 0 Å². The summed E-state index contributed by atoms with van der Waals surface area (Å²) in [5.41, 5.74) is 0. The number of hydrogen-bond acceptors (Lipinski definition) is 2. The van der Waals surface area contributed by atoms with E-state index < -0.39 is 0 Å². The molecule has 0 spiro atoms.